The van der Waals surface area contributed by atoms with Crippen LogP contribution in [0.2, 0.25) is 0 Å². The zero-order chi connectivity index (χ0) is 15.5. The molecule has 0 amide bonds. The molecule has 5 heteroatoms. The second-order valence-corrected chi connectivity index (χ2v) is 5.54. The molecule has 3 rings (SSSR count). The molecule has 0 saturated carbocycles. The van der Waals surface area contributed by atoms with Crippen LogP contribution in [0.4, 0.5) is 0 Å². The van der Waals surface area contributed by atoms with E-state index in [9.17, 15) is 9.59 Å². The molecule has 0 radical (unpaired) electrons. The standard InChI is InChI=1S/C17H18N2O3/c1-12-6-5-9-15-18-14(10-16(20)19(12)15)11-22-17(21)13-7-3-2-4-8-13/h2-3,5-6,9-10,13H,4,7-8,11H2,1H3/t13-/m1/s1. The van der Waals surface area contributed by atoms with Crippen LogP contribution in [0.3, 0.4) is 0 Å². The van der Waals surface area contributed by atoms with Crippen molar-refractivity contribution in [2.45, 2.75) is 32.8 Å². The summed E-state index contributed by atoms with van der Waals surface area (Å²) >= 11 is 0. The van der Waals surface area contributed by atoms with Crippen molar-refractivity contribution >= 4 is 11.6 Å². The Labute approximate surface area is 128 Å². The maximum absolute atomic E-state index is 12.1. The molecule has 2 aromatic heterocycles. The van der Waals surface area contributed by atoms with E-state index in [1.54, 1.807) is 6.07 Å². The van der Waals surface area contributed by atoms with Gasteiger partial charge >= 0.3 is 5.97 Å². The minimum atomic E-state index is -0.212. The first kappa shape index (κ1) is 14.5. The number of hydrogen-bond acceptors (Lipinski definition) is 4. The van der Waals surface area contributed by atoms with Gasteiger partial charge in [0.2, 0.25) is 0 Å². The van der Waals surface area contributed by atoms with Gasteiger partial charge in [0, 0.05) is 11.8 Å². The van der Waals surface area contributed by atoms with Crippen LogP contribution in [0.15, 0.2) is 41.2 Å². The number of allylic oxidation sites excluding steroid dienone is 2. The lowest BCUT2D eigenvalue weighted by atomic mass is 9.95. The van der Waals surface area contributed by atoms with Crippen molar-refractivity contribution in [3.8, 4) is 0 Å². The van der Waals surface area contributed by atoms with Crippen LogP contribution in [0.1, 0.15) is 30.7 Å². The number of carbonyl (C=O) groups is 1. The first-order valence-electron chi connectivity index (χ1n) is 7.45. The summed E-state index contributed by atoms with van der Waals surface area (Å²) in [5, 5.41) is 0. The van der Waals surface area contributed by atoms with Gasteiger partial charge < -0.3 is 4.74 Å². The topological polar surface area (TPSA) is 60.7 Å². The van der Waals surface area contributed by atoms with Gasteiger partial charge in [0.05, 0.1) is 11.6 Å². The molecule has 0 saturated heterocycles. The second kappa shape index (κ2) is 6.13. The Morgan fingerprint density at radius 2 is 2.27 bits per heavy atom. The summed E-state index contributed by atoms with van der Waals surface area (Å²) in [7, 11) is 0. The normalized spacial score (nSPS) is 17.6. The average molecular weight is 298 g/mol. The summed E-state index contributed by atoms with van der Waals surface area (Å²) in [6.45, 7) is 1.89. The van der Waals surface area contributed by atoms with Gasteiger partial charge in [-0.15, -0.1) is 0 Å². The predicted octanol–water partition coefficient (Wildman–Crippen LogP) is 2.40. The van der Waals surface area contributed by atoms with Crippen LogP contribution >= 0.6 is 0 Å². The fraction of sp³-hybridized carbons (Fsp3) is 0.353. The van der Waals surface area contributed by atoms with E-state index in [1.807, 2.05) is 25.1 Å². The molecule has 5 nitrogen and oxygen atoms in total. The Morgan fingerprint density at radius 3 is 3.05 bits per heavy atom. The van der Waals surface area contributed by atoms with Crippen LogP contribution < -0.4 is 5.56 Å². The fourth-order valence-electron chi connectivity index (χ4n) is 2.71. The van der Waals surface area contributed by atoms with E-state index in [0.29, 0.717) is 11.3 Å². The lowest BCUT2D eigenvalue weighted by molar-refractivity contribution is -0.150. The molecule has 0 N–H and O–H groups in total. The first-order chi connectivity index (χ1) is 10.6. The summed E-state index contributed by atoms with van der Waals surface area (Å²) in [6.07, 6.45) is 6.56. The predicted molar refractivity (Wildman–Crippen MR) is 82.5 cm³/mol. The van der Waals surface area contributed by atoms with Crippen molar-refractivity contribution < 1.29 is 9.53 Å². The molecule has 22 heavy (non-hydrogen) atoms. The molecule has 2 aromatic rings. The molecule has 1 atom stereocenters. The number of nitrogens with zero attached hydrogens (tertiary/aromatic N) is 2. The fourth-order valence-corrected chi connectivity index (χ4v) is 2.71. The van der Waals surface area contributed by atoms with Gasteiger partial charge in [-0.1, -0.05) is 18.2 Å². The number of hydrogen-bond donors (Lipinski definition) is 0. The second-order valence-electron chi connectivity index (χ2n) is 5.54. The summed E-state index contributed by atoms with van der Waals surface area (Å²) in [5.41, 5.74) is 1.72. The van der Waals surface area contributed by atoms with E-state index in [2.05, 4.69) is 11.1 Å². The van der Waals surface area contributed by atoms with E-state index in [4.69, 9.17) is 4.74 Å². The highest BCUT2D eigenvalue weighted by molar-refractivity contribution is 5.72. The highest BCUT2D eigenvalue weighted by Crippen LogP contribution is 2.19. The molecule has 0 spiro atoms. The minimum absolute atomic E-state index is 0.0404. The number of ether oxygens (including phenoxy) is 1. The third kappa shape index (κ3) is 2.93. The van der Waals surface area contributed by atoms with Gasteiger partial charge in [0.15, 0.2) is 0 Å². The number of esters is 1. The maximum Gasteiger partial charge on any atom is 0.309 e. The lowest BCUT2D eigenvalue weighted by Gasteiger charge is -2.16. The van der Waals surface area contributed by atoms with Crippen molar-refractivity contribution in [3.05, 3.63) is 58.2 Å². The third-order valence-corrected chi connectivity index (χ3v) is 3.90. The number of aryl methyl sites for hydroxylation is 1. The largest absolute Gasteiger partial charge is 0.459 e. The van der Waals surface area contributed by atoms with Crippen molar-refractivity contribution in [2.24, 2.45) is 5.92 Å². The molecule has 0 unspecified atom stereocenters. The Kier molecular flexibility index (Phi) is 4.04. The van der Waals surface area contributed by atoms with Crippen LogP contribution in [-0.2, 0) is 16.1 Å². The number of pyridine rings is 1. The summed E-state index contributed by atoms with van der Waals surface area (Å²) in [6, 6.07) is 6.90. The Balaban J connectivity index is 1.76. The Morgan fingerprint density at radius 1 is 1.41 bits per heavy atom. The average Bonchev–Trinajstić information content (AvgIpc) is 2.53. The van der Waals surface area contributed by atoms with Crippen LogP contribution in [0, 0.1) is 12.8 Å². The molecule has 1 aliphatic rings. The van der Waals surface area contributed by atoms with Crippen LogP contribution in [-0.4, -0.2) is 15.4 Å². The zero-order valence-electron chi connectivity index (χ0n) is 12.5. The zero-order valence-corrected chi connectivity index (χ0v) is 12.5. The molecule has 2 heterocycles. The van der Waals surface area contributed by atoms with Gasteiger partial charge in [-0.3, -0.25) is 14.0 Å². The van der Waals surface area contributed by atoms with Crippen molar-refractivity contribution in [3.63, 3.8) is 0 Å². The summed E-state index contributed by atoms with van der Waals surface area (Å²) in [5.74, 6) is -0.288. The van der Waals surface area contributed by atoms with Crippen LogP contribution in [0.5, 0.6) is 0 Å². The molecular weight excluding hydrogens is 280 g/mol. The highest BCUT2D eigenvalue weighted by Gasteiger charge is 2.20. The molecule has 1 aliphatic carbocycles. The smallest absolute Gasteiger partial charge is 0.309 e. The van der Waals surface area contributed by atoms with Crippen molar-refractivity contribution in [2.75, 3.05) is 0 Å². The molecule has 0 aliphatic heterocycles. The van der Waals surface area contributed by atoms with E-state index in [-0.39, 0.29) is 24.1 Å². The van der Waals surface area contributed by atoms with Gasteiger partial charge in [-0.05, 0) is 38.3 Å². The number of aromatic nitrogens is 2. The lowest BCUT2D eigenvalue weighted by Crippen LogP contribution is -2.21. The molecule has 0 aromatic carbocycles. The Hall–Kier alpha value is -2.43. The SMILES string of the molecule is Cc1cccc2nc(COC(=O)[C@@H]3CC=CCC3)cc(=O)n12. The highest BCUT2D eigenvalue weighted by atomic mass is 16.5. The molecule has 0 fully saturated rings. The van der Waals surface area contributed by atoms with E-state index in [1.165, 1.54) is 10.5 Å². The van der Waals surface area contributed by atoms with Crippen molar-refractivity contribution in [1.82, 2.24) is 9.38 Å². The number of fused-ring (bicyclic) bond motifs is 1. The number of carbonyl (C=O) groups excluding carboxylic acids is 1. The molecular formula is C17H18N2O3. The summed E-state index contributed by atoms with van der Waals surface area (Å²) in [4.78, 5) is 28.5. The first-order valence-corrected chi connectivity index (χ1v) is 7.45. The number of rotatable bonds is 3. The monoisotopic (exact) mass is 298 g/mol. The molecule has 114 valence electrons. The third-order valence-electron chi connectivity index (χ3n) is 3.90. The van der Waals surface area contributed by atoms with E-state index < -0.39 is 0 Å². The van der Waals surface area contributed by atoms with Gasteiger partial charge in [-0.2, -0.15) is 0 Å². The van der Waals surface area contributed by atoms with E-state index in [0.717, 1.165) is 25.0 Å². The molecule has 0 bridgehead atoms. The maximum atomic E-state index is 12.1. The summed E-state index contributed by atoms with van der Waals surface area (Å²) < 4.78 is 6.86. The Bertz CT molecular complexity index is 792. The van der Waals surface area contributed by atoms with Gasteiger partial charge in [0.1, 0.15) is 12.3 Å². The van der Waals surface area contributed by atoms with E-state index >= 15 is 0 Å². The van der Waals surface area contributed by atoms with Gasteiger partial charge in [0.25, 0.3) is 5.56 Å². The minimum Gasteiger partial charge on any atom is -0.459 e. The quantitative estimate of drug-likeness (QED) is 0.645. The van der Waals surface area contributed by atoms with Crippen molar-refractivity contribution in [1.29, 1.82) is 0 Å². The van der Waals surface area contributed by atoms with Crippen LogP contribution in [0.25, 0.3) is 5.65 Å². The van der Waals surface area contributed by atoms with Gasteiger partial charge in [-0.25, -0.2) is 4.98 Å².